The Morgan fingerprint density at radius 1 is 1.26 bits per heavy atom. The number of carbonyl (C=O) groups is 1. The Bertz CT molecular complexity index is 812. The van der Waals surface area contributed by atoms with E-state index in [4.69, 9.17) is 4.74 Å². The average molecular weight is 371 g/mol. The van der Waals surface area contributed by atoms with Gasteiger partial charge in [-0.1, -0.05) is 19.1 Å². The Balaban J connectivity index is 1.50. The lowest BCUT2D eigenvalue weighted by Gasteiger charge is -2.66. The summed E-state index contributed by atoms with van der Waals surface area (Å²) >= 11 is 0. The van der Waals surface area contributed by atoms with Gasteiger partial charge in [0.1, 0.15) is 6.10 Å². The van der Waals surface area contributed by atoms with Gasteiger partial charge in [0.25, 0.3) is 0 Å². The lowest BCUT2D eigenvalue weighted by molar-refractivity contribution is -0.225. The molecule has 5 heteroatoms. The highest BCUT2D eigenvalue weighted by Crippen LogP contribution is 2.87. The molecule has 6 aliphatic carbocycles. The second-order valence-corrected chi connectivity index (χ2v) is 11.4. The smallest absolute Gasteiger partial charge is 0.302 e. The van der Waals surface area contributed by atoms with Crippen molar-refractivity contribution in [2.75, 3.05) is 6.54 Å². The van der Waals surface area contributed by atoms with Crippen LogP contribution in [0.1, 0.15) is 39.5 Å². The number of piperidine rings is 2. The predicted octanol–water partition coefficient (Wildman–Crippen LogP) is 1.33. The number of fused-ring (bicyclic) bond motifs is 1. The van der Waals surface area contributed by atoms with Crippen LogP contribution in [0.3, 0.4) is 0 Å². The molecule has 6 saturated carbocycles. The van der Waals surface area contributed by atoms with E-state index in [9.17, 15) is 15.0 Å². The van der Waals surface area contributed by atoms with Gasteiger partial charge in [0, 0.05) is 48.7 Å². The Morgan fingerprint density at radius 2 is 2.04 bits per heavy atom. The van der Waals surface area contributed by atoms with E-state index in [0.29, 0.717) is 18.0 Å². The minimum absolute atomic E-state index is 0.00516. The first kappa shape index (κ1) is 15.9. The van der Waals surface area contributed by atoms with Gasteiger partial charge < -0.3 is 14.9 Å². The Kier molecular flexibility index (Phi) is 2.46. The van der Waals surface area contributed by atoms with E-state index in [-0.39, 0.29) is 52.2 Å². The molecular weight excluding hydrogens is 342 g/mol. The molecule has 3 unspecified atom stereocenters. The number of esters is 1. The summed E-state index contributed by atoms with van der Waals surface area (Å²) in [6, 6.07) is 0.924. The van der Waals surface area contributed by atoms with Gasteiger partial charge in [0.15, 0.2) is 0 Å². The molecule has 2 spiro atoms. The molecular formula is C22H29NO4. The second kappa shape index (κ2) is 4.17. The van der Waals surface area contributed by atoms with Crippen molar-refractivity contribution in [3.63, 3.8) is 0 Å². The molecule has 27 heavy (non-hydrogen) atoms. The Labute approximate surface area is 159 Å². The molecule has 9 aliphatic rings. The van der Waals surface area contributed by atoms with Crippen molar-refractivity contribution in [3.05, 3.63) is 12.2 Å². The molecule has 13 atom stereocenters. The third kappa shape index (κ3) is 1.34. The molecule has 2 N–H and O–H groups in total. The van der Waals surface area contributed by atoms with Crippen molar-refractivity contribution < 1.29 is 19.7 Å². The third-order valence-electron chi connectivity index (χ3n) is 10.4. The molecule has 0 aromatic carbocycles. The number of aliphatic hydroxyl groups is 2. The van der Waals surface area contributed by atoms with E-state index >= 15 is 0 Å². The normalized spacial score (nSPS) is 68.7. The summed E-state index contributed by atoms with van der Waals surface area (Å²) in [6.07, 6.45) is 2.78. The largest absolute Gasteiger partial charge is 0.461 e. The highest BCUT2D eigenvalue weighted by Gasteiger charge is 2.90. The van der Waals surface area contributed by atoms with Crippen LogP contribution in [0.2, 0.25) is 0 Å². The highest BCUT2D eigenvalue weighted by molar-refractivity contribution is 5.66. The Hall–Kier alpha value is -0.910. The number of aliphatic hydroxyl groups excluding tert-OH is 2. The fourth-order valence-corrected chi connectivity index (χ4v) is 11.0. The zero-order chi connectivity index (χ0) is 18.7. The van der Waals surface area contributed by atoms with Gasteiger partial charge in [0.05, 0.1) is 12.2 Å². The number of hydrogen-bond acceptors (Lipinski definition) is 5. The van der Waals surface area contributed by atoms with Gasteiger partial charge in [-0.2, -0.15) is 0 Å². The lowest BCUT2D eigenvalue weighted by atomic mass is 9.39. The van der Waals surface area contributed by atoms with Crippen molar-refractivity contribution in [2.45, 2.75) is 69.9 Å². The topological polar surface area (TPSA) is 70.0 Å². The van der Waals surface area contributed by atoms with Crippen LogP contribution in [-0.2, 0) is 9.53 Å². The summed E-state index contributed by atoms with van der Waals surface area (Å²) in [5, 5.41) is 22.4. The maximum atomic E-state index is 12.1. The average Bonchev–Trinajstić information content (AvgIpc) is 2.95. The molecule has 0 aromatic heterocycles. The van der Waals surface area contributed by atoms with Crippen LogP contribution in [0.5, 0.6) is 0 Å². The van der Waals surface area contributed by atoms with Gasteiger partial charge in [0.2, 0.25) is 0 Å². The second-order valence-electron chi connectivity index (χ2n) is 11.4. The minimum atomic E-state index is -0.471. The van der Waals surface area contributed by atoms with E-state index in [2.05, 4.69) is 18.4 Å². The number of rotatable bonds is 1. The van der Waals surface area contributed by atoms with Crippen molar-refractivity contribution in [2.24, 2.45) is 39.9 Å². The van der Waals surface area contributed by atoms with Crippen molar-refractivity contribution in [3.8, 4) is 0 Å². The monoisotopic (exact) mass is 371 g/mol. The highest BCUT2D eigenvalue weighted by atomic mass is 16.5. The molecule has 3 aliphatic heterocycles. The summed E-state index contributed by atoms with van der Waals surface area (Å²) in [6.45, 7) is 9.25. The SMILES string of the molecule is C=C1C[C@]23C[C@H]4[C@@H]5[C@@]6(C)C[C@H](O)C[C@]57C(C2[C@@H](O)[C@H]1[C@@H](OC(C)=O)[C@H]37)N4C6. The summed E-state index contributed by atoms with van der Waals surface area (Å²) in [7, 11) is 0. The molecule has 9 rings (SSSR count). The zero-order valence-electron chi connectivity index (χ0n) is 16.1. The van der Waals surface area contributed by atoms with E-state index in [1.54, 1.807) is 0 Å². The quantitative estimate of drug-likeness (QED) is 0.538. The van der Waals surface area contributed by atoms with E-state index in [1.807, 2.05) is 0 Å². The van der Waals surface area contributed by atoms with Crippen LogP contribution in [0.15, 0.2) is 12.2 Å². The molecule has 0 radical (unpaired) electrons. The summed E-state index contributed by atoms with van der Waals surface area (Å²) in [5.41, 5.74) is 1.24. The molecule has 3 saturated heterocycles. The first-order chi connectivity index (χ1) is 12.7. The Morgan fingerprint density at radius 3 is 2.78 bits per heavy atom. The summed E-state index contributed by atoms with van der Waals surface area (Å²) < 4.78 is 6.00. The molecule has 0 aromatic rings. The fraction of sp³-hybridized carbons (Fsp3) is 0.864. The van der Waals surface area contributed by atoms with Crippen molar-refractivity contribution >= 4 is 5.97 Å². The van der Waals surface area contributed by atoms with Crippen molar-refractivity contribution in [1.82, 2.24) is 4.90 Å². The lowest BCUT2D eigenvalue weighted by Crippen LogP contribution is -2.68. The van der Waals surface area contributed by atoms with Gasteiger partial charge in [-0.15, -0.1) is 0 Å². The molecule has 5 nitrogen and oxygen atoms in total. The number of nitrogens with zero attached hydrogens (tertiary/aromatic N) is 1. The maximum Gasteiger partial charge on any atom is 0.302 e. The number of carbonyl (C=O) groups excluding carboxylic acids is 1. The fourth-order valence-electron chi connectivity index (χ4n) is 11.0. The van der Waals surface area contributed by atoms with Gasteiger partial charge in [-0.05, 0) is 42.4 Å². The van der Waals surface area contributed by atoms with Gasteiger partial charge in [-0.3, -0.25) is 9.69 Å². The standard InChI is InChI=1S/C22H29NO4/c1-9-4-21-7-12-17-20(3)5-11(25)6-22(17)18(21)16(27-10(2)24)13(9)15(26)14(21)19(22)23(12)8-20/h11-19,25-26H,1,4-8H2,2-3H3/t11-,12-,13-,14?,15-,16+,17+,18+,19?,20-,21-,22-/m0/s1. The van der Waals surface area contributed by atoms with Crippen LogP contribution in [0.25, 0.3) is 0 Å². The van der Waals surface area contributed by atoms with Gasteiger partial charge in [-0.25, -0.2) is 0 Å². The zero-order valence-corrected chi connectivity index (χ0v) is 16.1. The van der Waals surface area contributed by atoms with E-state index < -0.39 is 6.10 Å². The number of hydrogen-bond donors (Lipinski definition) is 2. The summed E-state index contributed by atoms with van der Waals surface area (Å²) in [5.74, 6) is 0.702. The van der Waals surface area contributed by atoms with Gasteiger partial charge >= 0.3 is 5.97 Å². The van der Waals surface area contributed by atoms with Crippen LogP contribution in [0, 0.1) is 39.9 Å². The van der Waals surface area contributed by atoms with Crippen molar-refractivity contribution in [1.29, 1.82) is 0 Å². The van der Waals surface area contributed by atoms with Crippen LogP contribution in [-0.4, -0.2) is 58.0 Å². The van der Waals surface area contributed by atoms with E-state index in [1.165, 1.54) is 6.92 Å². The maximum absolute atomic E-state index is 12.1. The molecule has 0 amide bonds. The number of ether oxygens (including phenoxy) is 1. The molecule has 3 heterocycles. The third-order valence-corrected chi connectivity index (χ3v) is 10.4. The molecule has 146 valence electrons. The first-order valence-corrected chi connectivity index (χ1v) is 10.7. The summed E-state index contributed by atoms with van der Waals surface area (Å²) in [4.78, 5) is 14.8. The molecule has 9 fully saturated rings. The first-order valence-electron chi connectivity index (χ1n) is 10.7. The van der Waals surface area contributed by atoms with E-state index in [0.717, 1.165) is 37.8 Å². The van der Waals surface area contributed by atoms with Crippen LogP contribution >= 0.6 is 0 Å². The predicted molar refractivity (Wildman–Crippen MR) is 96.4 cm³/mol. The van der Waals surface area contributed by atoms with Crippen LogP contribution in [0.4, 0.5) is 0 Å². The van der Waals surface area contributed by atoms with Crippen LogP contribution < -0.4 is 0 Å². The molecule has 9 bridgehead atoms. The minimum Gasteiger partial charge on any atom is -0.461 e.